The predicted molar refractivity (Wildman–Crippen MR) is 119 cm³/mol. The van der Waals surface area contributed by atoms with E-state index in [1.807, 2.05) is 0 Å². The van der Waals surface area contributed by atoms with Crippen molar-refractivity contribution < 1.29 is 14.1 Å². The Morgan fingerprint density at radius 3 is 2.73 bits per heavy atom. The second kappa shape index (κ2) is 8.12. The number of furan rings is 1. The average molecular weight is 413 g/mol. The van der Waals surface area contributed by atoms with Crippen LogP contribution in [0.2, 0.25) is 0 Å². The molecule has 0 aromatic carbocycles. The van der Waals surface area contributed by atoms with Crippen molar-refractivity contribution in [1.82, 2.24) is 15.0 Å². The van der Waals surface area contributed by atoms with Gasteiger partial charge in [-0.1, -0.05) is 13.8 Å². The molecule has 3 aromatic heterocycles. The molecule has 0 spiro atoms. The van der Waals surface area contributed by atoms with Crippen LogP contribution < -0.4 is 10.2 Å². The van der Waals surface area contributed by atoms with Gasteiger partial charge in [0.05, 0.1) is 43.9 Å². The van der Waals surface area contributed by atoms with Gasteiger partial charge in [0, 0.05) is 24.9 Å². The number of hydrogen-bond donors (Lipinski definition) is 2. The molecule has 0 unspecified atom stereocenters. The van der Waals surface area contributed by atoms with E-state index in [-0.39, 0.29) is 5.60 Å². The number of ether oxygens (including phenoxy) is 1. The van der Waals surface area contributed by atoms with Crippen LogP contribution in [0.15, 0.2) is 10.7 Å². The van der Waals surface area contributed by atoms with Crippen molar-refractivity contribution in [2.75, 3.05) is 32.5 Å². The van der Waals surface area contributed by atoms with Crippen LogP contribution in [0, 0.1) is 5.92 Å². The van der Waals surface area contributed by atoms with Crippen molar-refractivity contribution in [3.63, 3.8) is 0 Å². The van der Waals surface area contributed by atoms with Crippen LogP contribution in [0.1, 0.15) is 50.9 Å². The van der Waals surface area contributed by atoms with Crippen LogP contribution in [-0.4, -0.2) is 47.7 Å². The molecule has 30 heavy (non-hydrogen) atoms. The molecule has 0 aliphatic carbocycles. The van der Waals surface area contributed by atoms with Gasteiger partial charge in [0.15, 0.2) is 11.4 Å². The molecule has 1 aliphatic heterocycles. The highest BCUT2D eigenvalue weighted by molar-refractivity contribution is 6.06. The van der Waals surface area contributed by atoms with E-state index in [4.69, 9.17) is 14.1 Å². The molecule has 7 heteroatoms. The summed E-state index contributed by atoms with van der Waals surface area (Å²) >= 11 is 0. The lowest BCUT2D eigenvalue weighted by atomic mass is 9.88. The Morgan fingerprint density at radius 1 is 1.20 bits per heavy atom. The molecule has 4 heterocycles. The Labute approximate surface area is 178 Å². The second-order valence-corrected chi connectivity index (χ2v) is 9.76. The number of fused-ring (bicyclic) bond motifs is 5. The topological polar surface area (TPSA) is 77.5 Å². The van der Waals surface area contributed by atoms with E-state index in [2.05, 4.69) is 57.1 Å². The maximum atomic E-state index is 6.27. The maximum absolute atomic E-state index is 6.27. The zero-order chi connectivity index (χ0) is 21.5. The minimum absolute atomic E-state index is 0.220. The third kappa shape index (κ3) is 4.14. The normalized spacial score (nSPS) is 16.0. The van der Waals surface area contributed by atoms with Crippen LogP contribution in [0.5, 0.6) is 0 Å². The molecule has 0 radical (unpaired) electrons. The summed E-state index contributed by atoms with van der Waals surface area (Å²) in [5.41, 5.74) is 5.55. The summed E-state index contributed by atoms with van der Waals surface area (Å²) < 4.78 is 12.4. The lowest BCUT2D eigenvalue weighted by Gasteiger charge is -2.33. The molecule has 1 aliphatic rings. The first kappa shape index (κ1) is 21.0. The first-order valence-corrected chi connectivity index (χ1v) is 11.0. The van der Waals surface area contributed by atoms with Gasteiger partial charge in [0.2, 0.25) is 5.71 Å². The van der Waals surface area contributed by atoms with Gasteiger partial charge in [-0.3, -0.25) is 0 Å². The Hall–Kier alpha value is -2.25. The monoisotopic (exact) mass is 412 g/mol. The van der Waals surface area contributed by atoms with Gasteiger partial charge in [-0.2, -0.15) is 0 Å². The van der Waals surface area contributed by atoms with Crippen LogP contribution in [-0.2, 0) is 24.2 Å². The number of rotatable bonds is 7. The first-order valence-electron chi connectivity index (χ1n) is 11.0. The molecule has 7 nitrogen and oxygen atoms in total. The lowest BCUT2D eigenvalue weighted by molar-refractivity contribution is -0.858. The van der Waals surface area contributed by atoms with Gasteiger partial charge < -0.3 is 19.4 Å². The highest BCUT2D eigenvalue weighted by atomic mass is 16.5. The van der Waals surface area contributed by atoms with Gasteiger partial charge in [0.1, 0.15) is 11.8 Å². The Bertz CT molecular complexity index is 1050. The first-order chi connectivity index (χ1) is 14.2. The quantitative estimate of drug-likeness (QED) is 0.581. The summed E-state index contributed by atoms with van der Waals surface area (Å²) in [5.74, 6) is 1.26. The number of hydrogen-bond acceptors (Lipinski definition) is 6. The van der Waals surface area contributed by atoms with E-state index in [1.54, 1.807) is 6.33 Å². The van der Waals surface area contributed by atoms with Crippen molar-refractivity contribution in [2.45, 2.75) is 59.2 Å². The number of quaternary nitrogens is 1. The maximum Gasteiger partial charge on any atom is 0.229 e. The zero-order valence-corrected chi connectivity index (χ0v) is 19.1. The summed E-state index contributed by atoms with van der Waals surface area (Å²) in [6, 6.07) is 0. The van der Waals surface area contributed by atoms with E-state index in [9.17, 15) is 0 Å². The number of aromatic nitrogens is 3. The molecule has 0 bridgehead atoms. The second-order valence-electron chi connectivity index (χ2n) is 9.76. The molecule has 0 fully saturated rings. The molecular formula is C23H34N5O2+. The molecule has 0 saturated carbocycles. The van der Waals surface area contributed by atoms with Crippen molar-refractivity contribution in [3.05, 3.63) is 23.1 Å². The third-order valence-corrected chi connectivity index (χ3v) is 5.66. The molecule has 3 aromatic rings. The molecule has 162 valence electrons. The van der Waals surface area contributed by atoms with Gasteiger partial charge in [0.25, 0.3) is 0 Å². The number of nitrogens with zero attached hydrogens (tertiary/aromatic N) is 3. The molecule has 2 N–H and O–H groups in total. The van der Waals surface area contributed by atoms with E-state index >= 15 is 0 Å². The standard InChI is InChI=1S/C23H33N5O2/c1-14(2)10-17-16-12-29-23(3,4)11-15(16)18-19-20(30-22(18)27-17)21(26-13-25-19)24-8-7-9-28(5)6/h13-14H,7-12H2,1-6H3,(H,24,25,26)/p+1. The average Bonchev–Trinajstić information content (AvgIpc) is 3.03. The summed E-state index contributed by atoms with van der Waals surface area (Å²) in [6.45, 7) is 11.2. The summed E-state index contributed by atoms with van der Waals surface area (Å²) in [7, 11) is 4.33. The lowest BCUT2D eigenvalue weighted by Crippen LogP contribution is -3.05. The van der Waals surface area contributed by atoms with Crippen molar-refractivity contribution in [1.29, 1.82) is 0 Å². The highest BCUT2D eigenvalue weighted by Gasteiger charge is 2.32. The summed E-state index contributed by atoms with van der Waals surface area (Å²) in [6.07, 6.45) is 4.41. The van der Waals surface area contributed by atoms with Gasteiger partial charge >= 0.3 is 0 Å². The van der Waals surface area contributed by atoms with E-state index < -0.39 is 0 Å². The third-order valence-electron chi connectivity index (χ3n) is 5.66. The van der Waals surface area contributed by atoms with Gasteiger partial charge in [-0.05, 0) is 31.7 Å². The van der Waals surface area contributed by atoms with Crippen LogP contribution >= 0.6 is 0 Å². The smallest absolute Gasteiger partial charge is 0.229 e. The minimum atomic E-state index is -0.220. The molecule has 0 atom stereocenters. The van der Waals surface area contributed by atoms with Crippen molar-refractivity contribution in [2.24, 2.45) is 5.92 Å². The molecule has 0 amide bonds. The van der Waals surface area contributed by atoms with Crippen molar-refractivity contribution >= 4 is 28.0 Å². The fraction of sp³-hybridized carbons (Fsp3) is 0.609. The highest BCUT2D eigenvalue weighted by Crippen LogP contribution is 2.39. The number of anilines is 1. The molecular weight excluding hydrogens is 378 g/mol. The summed E-state index contributed by atoms with van der Waals surface area (Å²) in [5, 5.41) is 4.46. The fourth-order valence-corrected chi connectivity index (χ4v) is 4.20. The van der Waals surface area contributed by atoms with E-state index in [0.29, 0.717) is 23.8 Å². The Balaban J connectivity index is 1.82. The largest absolute Gasteiger partial charge is 0.432 e. The fourth-order valence-electron chi connectivity index (χ4n) is 4.20. The van der Waals surface area contributed by atoms with Crippen LogP contribution in [0.3, 0.4) is 0 Å². The van der Waals surface area contributed by atoms with E-state index in [1.165, 1.54) is 16.0 Å². The SMILES string of the molecule is CC(C)Cc1nc2oc3c(NCCC[NH+](C)C)ncnc3c2c2c1COC(C)(C)C2. The molecule has 0 saturated heterocycles. The van der Waals surface area contributed by atoms with Gasteiger partial charge in [-0.25, -0.2) is 15.0 Å². The number of pyridine rings is 1. The van der Waals surface area contributed by atoms with Gasteiger partial charge in [-0.15, -0.1) is 0 Å². The molecule has 4 rings (SSSR count). The minimum Gasteiger partial charge on any atom is -0.432 e. The van der Waals surface area contributed by atoms with Crippen LogP contribution in [0.25, 0.3) is 22.2 Å². The predicted octanol–water partition coefficient (Wildman–Crippen LogP) is 2.77. The van der Waals surface area contributed by atoms with Crippen LogP contribution in [0.4, 0.5) is 5.82 Å². The van der Waals surface area contributed by atoms with Crippen molar-refractivity contribution in [3.8, 4) is 0 Å². The summed E-state index contributed by atoms with van der Waals surface area (Å²) in [4.78, 5) is 15.4. The number of nitrogens with one attached hydrogen (secondary N) is 2. The Morgan fingerprint density at radius 2 is 2.00 bits per heavy atom. The Kier molecular flexibility index (Phi) is 5.68. The zero-order valence-electron chi connectivity index (χ0n) is 19.1. The van der Waals surface area contributed by atoms with E-state index in [0.717, 1.165) is 54.8 Å².